The number of methoxy groups -OCH3 is 1. The second-order valence-electron chi connectivity index (χ2n) is 4.74. The van der Waals surface area contributed by atoms with Gasteiger partial charge in [0.2, 0.25) is 0 Å². The summed E-state index contributed by atoms with van der Waals surface area (Å²) >= 11 is 1.24. The van der Waals surface area contributed by atoms with E-state index >= 15 is 0 Å². The quantitative estimate of drug-likeness (QED) is 0.586. The Hall–Kier alpha value is -2.85. The molecule has 0 spiro atoms. The van der Waals surface area contributed by atoms with Gasteiger partial charge < -0.3 is 14.8 Å². The van der Waals surface area contributed by atoms with Crippen LogP contribution in [0.4, 0.5) is 0 Å². The largest absolute Gasteiger partial charge is 0.493 e. The first kappa shape index (κ1) is 17.5. The molecule has 24 heavy (non-hydrogen) atoms. The van der Waals surface area contributed by atoms with E-state index in [1.54, 1.807) is 29.6 Å². The Morgan fingerprint density at radius 3 is 2.79 bits per heavy atom. The predicted octanol–water partition coefficient (Wildman–Crippen LogP) is 2.20. The standard InChI is InChI=1S/C17H16N2O4S/c1-22-14-11-12(4-5-13(14)23-9-7-18)6-8-19-17(21)16(20)15-3-2-10-24-15/h2-5,10-11H,6,8-9H2,1H3,(H,19,21). The van der Waals surface area contributed by atoms with Crippen LogP contribution in [0.25, 0.3) is 0 Å². The molecule has 0 aliphatic heterocycles. The van der Waals surface area contributed by atoms with Gasteiger partial charge in [-0.2, -0.15) is 5.26 Å². The number of carbonyl (C=O) groups is 2. The Morgan fingerprint density at radius 1 is 1.29 bits per heavy atom. The monoisotopic (exact) mass is 344 g/mol. The molecule has 1 N–H and O–H groups in total. The third-order valence-corrected chi connectivity index (χ3v) is 4.04. The molecule has 1 heterocycles. The fourth-order valence-electron chi connectivity index (χ4n) is 2.02. The zero-order valence-electron chi connectivity index (χ0n) is 13.1. The van der Waals surface area contributed by atoms with E-state index in [1.165, 1.54) is 18.4 Å². The van der Waals surface area contributed by atoms with Gasteiger partial charge in [0.1, 0.15) is 6.07 Å². The van der Waals surface area contributed by atoms with Gasteiger partial charge in [0, 0.05) is 6.54 Å². The first-order chi connectivity index (χ1) is 11.7. The first-order valence-electron chi connectivity index (χ1n) is 7.18. The molecule has 0 fully saturated rings. The number of nitriles is 1. The van der Waals surface area contributed by atoms with Crippen LogP contribution in [0.3, 0.4) is 0 Å². The van der Waals surface area contributed by atoms with Crippen molar-refractivity contribution in [2.75, 3.05) is 20.3 Å². The van der Waals surface area contributed by atoms with Crippen molar-refractivity contribution in [1.29, 1.82) is 5.26 Å². The molecule has 1 amide bonds. The fraction of sp³-hybridized carbons (Fsp3) is 0.235. The highest BCUT2D eigenvalue weighted by atomic mass is 32.1. The molecule has 124 valence electrons. The molecule has 0 radical (unpaired) electrons. The number of amides is 1. The lowest BCUT2D eigenvalue weighted by Gasteiger charge is -2.10. The molecule has 0 bridgehead atoms. The van der Waals surface area contributed by atoms with Crippen molar-refractivity contribution in [3.63, 3.8) is 0 Å². The number of benzene rings is 1. The average molecular weight is 344 g/mol. The van der Waals surface area contributed by atoms with Crippen LogP contribution in [0.15, 0.2) is 35.7 Å². The molecule has 0 atom stereocenters. The smallest absolute Gasteiger partial charge is 0.293 e. The van der Waals surface area contributed by atoms with Crippen LogP contribution >= 0.6 is 11.3 Å². The van der Waals surface area contributed by atoms with Crippen molar-refractivity contribution >= 4 is 23.0 Å². The maximum atomic E-state index is 11.8. The van der Waals surface area contributed by atoms with Gasteiger partial charge in [0.05, 0.1) is 12.0 Å². The fourth-order valence-corrected chi connectivity index (χ4v) is 2.68. The molecule has 7 heteroatoms. The van der Waals surface area contributed by atoms with E-state index in [9.17, 15) is 9.59 Å². The number of nitrogens with zero attached hydrogens (tertiary/aromatic N) is 1. The Morgan fingerprint density at radius 2 is 2.12 bits per heavy atom. The van der Waals surface area contributed by atoms with E-state index in [0.29, 0.717) is 29.3 Å². The number of hydrogen-bond acceptors (Lipinski definition) is 6. The second-order valence-corrected chi connectivity index (χ2v) is 5.69. The Labute approximate surface area is 143 Å². The van der Waals surface area contributed by atoms with E-state index in [2.05, 4.69) is 5.32 Å². The van der Waals surface area contributed by atoms with Gasteiger partial charge in [0.25, 0.3) is 11.7 Å². The van der Waals surface area contributed by atoms with Crippen molar-refractivity contribution in [3.05, 3.63) is 46.2 Å². The first-order valence-corrected chi connectivity index (χ1v) is 8.06. The normalized spacial score (nSPS) is 9.83. The Bertz CT molecular complexity index is 750. The second kappa shape index (κ2) is 8.70. The predicted molar refractivity (Wildman–Crippen MR) is 89.5 cm³/mol. The topological polar surface area (TPSA) is 88.4 Å². The maximum absolute atomic E-state index is 11.8. The summed E-state index contributed by atoms with van der Waals surface area (Å²) in [7, 11) is 1.51. The molecule has 0 saturated heterocycles. The van der Waals surface area contributed by atoms with Gasteiger partial charge in [-0.05, 0) is 35.6 Å². The molecule has 0 unspecified atom stereocenters. The molecule has 0 saturated carbocycles. The number of nitrogens with one attached hydrogen (secondary N) is 1. The van der Waals surface area contributed by atoms with Gasteiger partial charge in [-0.15, -0.1) is 11.3 Å². The molecular weight excluding hydrogens is 328 g/mol. The van der Waals surface area contributed by atoms with Crippen LogP contribution in [0.2, 0.25) is 0 Å². The molecule has 2 aromatic rings. The summed E-state index contributed by atoms with van der Waals surface area (Å²) in [6.45, 7) is 0.272. The summed E-state index contributed by atoms with van der Waals surface area (Å²) in [4.78, 5) is 24.1. The molecule has 2 rings (SSSR count). The van der Waals surface area contributed by atoms with Gasteiger partial charge in [-0.1, -0.05) is 12.1 Å². The van der Waals surface area contributed by atoms with Crippen molar-refractivity contribution in [2.24, 2.45) is 0 Å². The summed E-state index contributed by atoms with van der Waals surface area (Å²) < 4.78 is 10.5. The van der Waals surface area contributed by atoms with Gasteiger partial charge in [0.15, 0.2) is 18.1 Å². The van der Waals surface area contributed by atoms with Crippen molar-refractivity contribution in [2.45, 2.75) is 6.42 Å². The summed E-state index contributed by atoms with van der Waals surface area (Å²) in [5, 5.41) is 12.9. The van der Waals surface area contributed by atoms with Gasteiger partial charge >= 0.3 is 0 Å². The molecule has 6 nitrogen and oxygen atoms in total. The number of rotatable bonds is 8. The molecule has 0 aliphatic carbocycles. The minimum atomic E-state index is -0.613. The third kappa shape index (κ3) is 4.57. The number of ether oxygens (including phenoxy) is 2. The van der Waals surface area contributed by atoms with Crippen LogP contribution in [0.5, 0.6) is 11.5 Å². The van der Waals surface area contributed by atoms with E-state index in [-0.39, 0.29) is 6.61 Å². The van der Waals surface area contributed by atoms with Crippen molar-refractivity contribution < 1.29 is 19.1 Å². The summed E-state index contributed by atoms with van der Waals surface area (Å²) in [6.07, 6.45) is 0.540. The number of hydrogen-bond donors (Lipinski definition) is 1. The van der Waals surface area contributed by atoms with Crippen molar-refractivity contribution in [3.8, 4) is 17.6 Å². The highest BCUT2D eigenvalue weighted by Gasteiger charge is 2.16. The zero-order valence-corrected chi connectivity index (χ0v) is 13.9. The van der Waals surface area contributed by atoms with Crippen LogP contribution in [0, 0.1) is 11.3 Å². The minimum Gasteiger partial charge on any atom is -0.493 e. The van der Waals surface area contributed by atoms with Crippen molar-refractivity contribution in [1.82, 2.24) is 5.32 Å². The SMILES string of the molecule is COc1cc(CCNC(=O)C(=O)c2cccs2)ccc1OCC#N. The number of ketones is 1. The third-order valence-electron chi connectivity index (χ3n) is 3.17. The lowest BCUT2D eigenvalue weighted by molar-refractivity contribution is -0.116. The van der Waals surface area contributed by atoms with E-state index in [1.807, 2.05) is 12.1 Å². The summed E-state index contributed by atoms with van der Waals surface area (Å²) in [5.41, 5.74) is 0.917. The van der Waals surface area contributed by atoms with E-state index in [4.69, 9.17) is 14.7 Å². The minimum absolute atomic E-state index is 0.0589. The number of Topliss-reactive ketones (excluding diaryl/α,β-unsaturated/α-hetero) is 1. The van der Waals surface area contributed by atoms with Crippen LogP contribution < -0.4 is 14.8 Å². The van der Waals surface area contributed by atoms with Gasteiger partial charge in [-0.3, -0.25) is 9.59 Å². The van der Waals surface area contributed by atoms with Crippen LogP contribution in [-0.2, 0) is 11.2 Å². The average Bonchev–Trinajstić information content (AvgIpc) is 3.14. The Balaban J connectivity index is 1.89. The van der Waals surface area contributed by atoms with Crippen LogP contribution in [-0.4, -0.2) is 32.0 Å². The lowest BCUT2D eigenvalue weighted by atomic mass is 10.1. The molecular formula is C17H16N2O4S. The molecule has 1 aromatic heterocycles. The molecule has 0 aliphatic rings. The Kier molecular flexibility index (Phi) is 6.34. The van der Waals surface area contributed by atoms with Gasteiger partial charge in [-0.25, -0.2) is 0 Å². The maximum Gasteiger partial charge on any atom is 0.293 e. The lowest BCUT2D eigenvalue weighted by Crippen LogP contribution is -2.32. The highest BCUT2D eigenvalue weighted by Crippen LogP contribution is 2.28. The van der Waals surface area contributed by atoms with E-state index in [0.717, 1.165) is 5.56 Å². The number of thiophene rings is 1. The summed E-state index contributed by atoms with van der Waals surface area (Å²) in [6, 6.07) is 10.6. The van der Waals surface area contributed by atoms with Crippen LogP contribution in [0.1, 0.15) is 15.2 Å². The number of carbonyl (C=O) groups excluding carboxylic acids is 2. The van der Waals surface area contributed by atoms with E-state index < -0.39 is 11.7 Å². The zero-order chi connectivity index (χ0) is 17.4. The summed E-state index contributed by atoms with van der Waals surface area (Å²) in [5.74, 6) is -0.135. The molecule has 1 aromatic carbocycles. The highest BCUT2D eigenvalue weighted by molar-refractivity contribution is 7.13.